The quantitative estimate of drug-likeness (QED) is 0.798. The van der Waals surface area contributed by atoms with E-state index in [1.807, 2.05) is 27.7 Å². The summed E-state index contributed by atoms with van der Waals surface area (Å²) < 4.78 is 32.8. The number of nitrogens with one attached hydrogen (secondary N) is 1. The summed E-state index contributed by atoms with van der Waals surface area (Å²) in [5, 5.41) is 12.6. The molecule has 1 aliphatic rings. The minimum absolute atomic E-state index is 0.135. The van der Waals surface area contributed by atoms with Gasteiger partial charge < -0.3 is 10.1 Å². The molecule has 1 fully saturated rings. The Labute approximate surface area is 175 Å². The number of carbonyl (C=O) groups excluding carboxylic acids is 1. The van der Waals surface area contributed by atoms with E-state index in [2.05, 4.69) is 11.4 Å². The van der Waals surface area contributed by atoms with Gasteiger partial charge in [-0.15, -0.1) is 11.3 Å². The van der Waals surface area contributed by atoms with E-state index in [1.54, 1.807) is 0 Å². The first-order valence-electron chi connectivity index (χ1n) is 9.20. The van der Waals surface area contributed by atoms with Crippen molar-refractivity contribution in [2.45, 2.75) is 44.8 Å². The van der Waals surface area contributed by atoms with Crippen LogP contribution in [0.1, 0.15) is 40.2 Å². The third kappa shape index (κ3) is 4.36. The molecule has 2 aromatic rings. The van der Waals surface area contributed by atoms with E-state index in [1.165, 1.54) is 39.9 Å². The Bertz CT molecular complexity index is 1060. The minimum Gasteiger partial charge on any atom is -0.373 e. The second-order valence-electron chi connectivity index (χ2n) is 7.16. The monoisotopic (exact) mass is 433 g/mol. The molecule has 0 aliphatic carbocycles. The van der Waals surface area contributed by atoms with E-state index in [4.69, 9.17) is 4.74 Å². The van der Waals surface area contributed by atoms with Crippen LogP contribution >= 0.6 is 11.3 Å². The molecule has 1 amide bonds. The summed E-state index contributed by atoms with van der Waals surface area (Å²) in [6, 6.07) is 7.95. The van der Waals surface area contributed by atoms with Crippen molar-refractivity contribution in [3.05, 3.63) is 45.8 Å². The van der Waals surface area contributed by atoms with Gasteiger partial charge in [-0.2, -0.15) is 9.57 Å². The SMILES string of the molecule is Cc1sc(NC(=O)c2ccc(S(=O)(=O)N3C[C@H](C)O[C@@H](C)C3)cc2)c(C#N)c1C. The van der Waals surface area contributed by atoms with Gasteiger partial charge in [0.05, 0.1) is 22.7 Å². The number of amides is 1. The van der Waals surface area contributed by atoms with Crippen LogP contribution in [-0.4, -0.2) is 43.9 Å². The number of sulfonamides is 1. The molecule has 3 rings (SSSR count). The highest BCUT2D eigenvalue weighted by Crippen LogP contribution is 2.32. The van der Waals surface area contributed by atoms with Crippen LogP contribution in [0.2, 0.25) is 0 Å². The molecule has 1 aliphatic heterocycles. The molecule has 0 unspecified atom stereocenters. The average Bonchev–Trinajstić information content (AvgIpc) is 2.93. The van der Waals surface area contributed by atoms with Crippen LogP contribution < -0.4 is 5.32 Å². The van der Waals surface area contributed by atoms with Gasteiger partial charge in [0.1, 0.15) is 11.1 Å². The highest BCUT2D eigenvalue weighted by atomic mass is 32.2. The second kappa shape index (κ2) is 8.24. The van der Waals surface area contributed by atoms with E-state index < -0.39 is 10.0 Å². The number of nitriles is 1. The topological polar surface area (TPSA) is 99.5 Å². The van der Waals surface area contributed by atoms with Crippen LogP contribution in [-0.2, 0) is 14.8 Å². The fourth-order valence-electron chi connectivity index (χ4n) is 3.28. The Morgan fingerprint density at radius 1 is 1.21 bits per heavy atom. The molecule has 1 aromatic carbocycles. The molecular formula is C20H23N3O4S2. The van der Waals surface area contributed by atoms with Crippen LogP contribution in [0.15, 0.2) is 29.2 Å². The maximum atomic E-state index is 12.9. The number of benzene rings is 1. The third-order valence-electron chi connectivity index (χ3n) is 4.86. The summed E-state index contributed by atoms with van der Waals surface area (Å²) in [6.45, 7) is 8.01. The standard InChI is InChI=1S/C20H23N3O4S2/c1-12-10-23(11-13(2)27-12)29(25,26)17-7-5-16(6-8-17)19(24)22-20-18(9-21)14(3)15(4)28-20/h5-8,12-13H,10-11H2,1-4H3,(H,22,24)/t12-,13-/m0/s1. The highest BCUT2D eigenvalue weighted by molar-refractivity contribution is 7.89. The maximum absolute atomic E-state index is 12.9. The zero-order valence-corrected chi connectivity index (χ0v) is 18.4. The Kier molecular flexibility index (Phi) is 6.10. The van der Waals surface area contributed by atoms with Gasteiger partial charge in [0.2, 0.25) is 10.0 Å². The smallest absolute Gasteiger partial charge is 0.256 e. The lowest BCUT2D eigenvalue weighted by Crippen LogP contribution is -2.48. The summed E-state index contributed by atoms with van der Waals surface area (Å²) in [5.41, 5.74) is 1.62. The highest BCUT2D eigenvalue weighted by Gasteiger charge is 2.32. The van der Waals surface area contributed by atoms with Crippen LogP contribution in [0.4, 0.5) is 5.00 Å². The van der Waals surface area contributed by atoms with Crippen LogP contribution in [0.3, 0.4) is 0 Å². The zero-order chi connectivity index (χ0) is 21.3. The second-order valence-corrected chi connectivity index (χ2v) is 10.3. The van der Waals surface area contributed by atoms with Gasteiger partial charge in [-0.05, 0) is 57.5 Å². The lowest BCUT2D eigenvalue weighted by Gasteiger charge is -2.34. The molecule has 7 nitrogen and oxygen atoms in total. The van der Waals surface area contributed by atoms with Crippen molar-refractivity contribution >= 4 is 32.3 Å². The predicted octanol–water partition coefficient (Wildman–Crippen LogP) is 3.29. The molecule has 1 aromatic heterocycles. The van der Waals surface area contributed by atoms with Gasteiger partial charge >= 0.3 is 0 Å². The van der Waals surface area contributed by atoms with Crippen molar-refractivity contribution in [2.24, 2.45) is 0 Å². The van der Waals surface area contributed by atoms with Crippen LogP contribution in [0.25, 0.3) is 0 Å². The Hall–Kier alpha value is -2.25. The Balaban J connectivity index is 1.79. The summed E-state index contributed by atoms with van der Waals surface area (Å²) in [6.07, 6.45) is -0.351. The minimum atomic E-state index is -3.66. The van der Waals surface area contributed by atoms with Crippen molar-refractivity contribution in [2.75, 3.05) is 18.4 Å². The van der Waals surface area contributed by atoms with Crippen molar-refractivity contribution in [1.82, 2.24) is 4.31 Å². The Morgan fingerprint density at radius 3 is 2.34 bits per heavy atom. The summed E-state index contributed by atoms with van der Waals surface area (Å²) >= 11 is 1.35. The molecule has 0 spiro atoms. The number of rotatable bonds is 4. The number of nitrogens with zero attached hydrogens (tertiary/aromatic N) is 2. The van der Waals surface area contributed by atoms with E-state index in [-0.39, 0.29) is 23.0 Å². The molecule has 1 saturated heterocycles. The first-order valence-corrected chi connectivity index (χ1v) is 11.5. The molecular weight excluding hydrogens is 410 g/mol. The summed E-state index contributed by atoms with van der Waals surface area (Å²) in [5.74, 6) is -0.389. The van der Waals surface area contributed by atoms with E-state index in [0.29, 0.717) is 29.2 Å². The molecule has 9 heteroatoms. The number of morpholine rings is 1. The van der Waals surface area contributed by atoms with E-state index in [9.17, 15) is 18.5 Å². The Morgan fingerprint density at radius 2 is 1.79 bits per heavy atom. The predicted molar refractivity (Wildman–Crippen MR) is 112 cm³/mol. The van der Waals surface area contributed by atoms with E-state index in [0.717, 1.165) is 10.4 Å². The molecule has 0 bridgehead atoms. The number of hydrogen-bond donors (Lipinski definition) is 1. The van der Waals surface area contributed by atoms with Crippen LogP contribution in [0, 0.1) is 25.2 Å². The molecule has 154 valence electrons. The van der Waals surface area contributed by atoms with Gasteiger partial charge in [0, 0.05) is 23.5 Å². The van der Waals surface area contributed by atoms with E-state index >= 15 is 0 Å². The molecule has 2 heterocycles. The summed E-state index contributed by atoms with van der Waals surface area (Å²) in [4.78, 5) is 13.7. The van der Waals surface area contributed by atoms with Gasteiger partial charge in [-0.3, -0.25) is 4.79 Å². The molecule has 29 heavy (non-hydrogen) atoms. The molecule has 2 atom stereocenters. The van der Waals surface area contributed by atoms with Gasteiger partial charge in [-0.25, -0.2) is 8.42 Å². The van der Waals surface area contributed by atoms with Gasteiger partial charge in [0.25, 0.3) is 5.91 Å². The number of thiophene rings is 1. The fraction of sp³-hybridized carbons (Fsp3) is 0.400. The van der Waals surface area contributed by atoms with Crippen molar-refractivity contribution < 1.29 is 17.9 Å². The largest absolute Gasteiger partial charge is 0.373 e. The lowest BCUT2D eigenvalue weighted by molar-refractivity contribution is -0.0440. The zero-order valence-electron chi connectivity index (χ0n) is 16.7. The fourth-order valence-corrected chi connectivity index (χ4v) is 5.88. The number of hydrogen-bond acceptors (Lipinski definition) is 6. The van der Waals surface area contributed by atoms with Gasteiger partial charge in [-0.1, -0.05) is 0 Å². The molecule has 0 saturated carbocycles. The number of anilines is 1. The first-order chi connectivity index (χ1) is 13.6. The number of carbonyl (C=O) groups is 1. The normalized spacial score (nSPS) is 20.2. The summed E-state index contributed by atoms with van der Waals surface area (Å²) in [7, 11) is -3.66. The third-order valence-corrected chi connectivity index (χ3v) is 7.83. The molecule has 0 radical (unpaired) electrons. The van der Waals surface area contributed by atoms with Crippen molar-refractivity contribution in [3.63, 3.8) is 0 Å². The van der Waals surface area contributed by atoms with Gasteiger partial charge in [0.15, 0.2) is 0 Å². The van der Waals surface area contributed by atoms with Crippen molar-refractivity contribution in [3.8, 4) is 6.07 Å². The number of aryl methyl sites for hydroxylation is 1. The first kappa shape index (κ1) is 21.5. The molecule has 1 N–H and O–H groups in total. The van der Waals surface area contributed by atoms with Crippen molar-refractivity contribution in [1.29, 1.82) is 5.26 Å². The maximum Gasteiger partial charge on any atom is 0.256 e. The number of ether oxygens (including phenoxy) is 1. The lowest BCUT2D eigenvalue weighted by atomic mass is 10.2. The average molecular weight is 434 g/mol. The van der Waals surface area contributed by atoms with Crippen LogP contribution in [0.5, 0.6) is 0 Å².